The van der Waals surface area contributed by atoms with Gasteiger partial charge in [0.25, 0.3) is 5.91 Å². The standard InChI is InChI=1S/C11H13BrClNO/c1-8(12)7-14(2)11(15)9-4-3-5-10(13)6-9/h3-6,8H,7H2,1-2H3. The van der Waals surface area contributed by atoms with Crippen molar-refractivity contribution in [1.29, 1.82) is 0 Å². The molecule has 0 aliphatic carbocycles. The molecule has 1 unspecified atom stereocenters. The van der Waals surface area contributed by atoms with Gasteiger partial charge in [-0.3, -0.25) is 4.79 Å². The van der Waals surface area contributed by atoms with E-state index in [0.29, 0.717) is 17.1 Å². The van der Waals surface area contributed by atoms with Crippen LogP contribution in [-0.4, -0.2) is 29.2 Å². The van der Waals surface area contributed by atoms with Crippen LogP contribution in [-0.2, 0) is 0 Å². The zero-order valence-electron chi connectivity index (χ0n) is 8.71. The van der Waals surface area contributed by atoms with Crippen molar-refractivity contribution in [1.82, 2.24) is 4.90 Å². The van der Waals surface area contributed by atoms with Crippen molar-refractivity contribution >= 4 is 33.4 Å². The lowest BCUT2D eigenvalue weighted by molar-refractivity contribution is 0.0797. The van der Waals surface area contributed by atoms with Crippen LogP contribution in [0.5, 0.6) is 0 Å². The Morgan fingerprint density at radius 3 is 2.80 bits per heavy atom. The second-order valence-corrected chi connectivity index (χ2v) is 5.48. The second kappa shape index (κ2) is 5.52. The minimum atomic E-state index is -0.0104. The largest absolute Gasteiger partial charge is 0.341 e. The second-order valence-electron chi connectivity index (χ2n) is 3.48. The van der Waals surface area contributed by atoms with Gasteiger partial charge in [-0.2, -0.15) is 0 Å². The van der Waals surface area contributed by atoms with E-state index in [4.69, 9.17) is 11.6 Å². The first kappa shape index (κ1) is 12.5. The van der Waals surface area contributed by atoms with Gasteiger partial charge in [0.05, 0.1) is 0 Å². The van der Waals surface area contributed by atoms with Gasteiger partial charge in [0.15, 0.2) is 0 Å². The van der Waals surface area contributed by atoms with Crippen molar-refractivity contribution in [2.75, 3.05) is 13.6 Å². The highest BCUT2D eigenvalue weighted by Crippen LogP contribution is 2.13. The number of amides is 1. The molecule has 0 bridgehead atoms. The van der Waals surface area contributed by atoms with Crippen molar-refractivity contribution in [2.24, 2.45) is 0 Å². The molecule has 0 spiro atoms. The lowest BCUT2D eigenvalue weighted by Gasteiger charge is -2.18. The van der Waals surface area contributed by atoms with Crippen LogP contribution in [0.15, 0.2) is 24.3 Å². The number of hydrogen-bond acceptors (Lipinski definition) is 1. The molecule has 0 saturated carbocycles. The first-order valence-corrected chi connectivity index (χ1v) is 5.95. The molecule has 0 saturated heterocycles. The van der Waals surface area contributed by atoms with Gasteiger partial charge in [-0.15, -0.1) is 0 Å². The Morgan fingerprint density at radius 1 is 1.60 bits per heavy atom. The van der Waals surface area contributed by atoms with Gasteiger partial charge >= 0.3 is 0 Å². The van der Waals surface area contributed by atoms with E-state index in [1.807, 2.05) is 6.92 Å². The Bertz CT molecular complexity index is 354. The van der Waals surface area contributed by atoms with Crippen LogP contribution in [0.1, 0.15) is 17.3 Å². The van der Waals surface area contributed by atoms with E-state index in [9.17, 15) is 4.79 Å². The summed E-state index contributed by atoms with van der Waals surface area (Å²) in [6, 6.07) is 6.98. The Morgan fingerprint density at radius 2 is 2.27 bits per heavy atom. The molecule has 0 aliphatic rings. The van der Waals surface area contributed by atoms with Crippen LogP contribution in [0.2, 0.25) is 5.02 Å². The van der Waals surface area contributed by atoms with Gasteiger partial charge in [-0.25, -0.2) is 0 Å². The van der Waals surface area contributed by atoms with Crippen molar-refractivity contribution in [3.8, 4) is 0 Å². The van der Waals surface area contributed by atoms with Gasteiger partial charge < -0.3 is 4.90 Å². The zero-order valence-corrected chi connectivity index (χ0v) is 11.0. The third-order valence-corrected chi connectivity index (χ3v) is 2.47. The summed E-state index contributed by atoms with van der Waals surface area (Å²) >= 11 is 9.23. The van der Waals surface area contributed by atoms with Crippen LogP contribution >= 0.6 is 27.5 Å². The quantitative estimate of drug-likeness (QED) is 0.783. The summed E-state index contributed by atoms with van der Waals surface area (Å²) in [6.07, 6.45) is 0. The summed E-state index contributed by atoms with van der Waals surface area (Å²) in [5, 5.41) is 0.584. The Hall–Kier alpha value is -0.540. The first-order chi connectivity index (χ1) is 7.00. The first-order valence-electron chi connectivity index (χ1n) is 4.66. The number of carbonyl (C=O) groups excluding carboxylic acids is 1. The third-order valence-electron chi connectivity index (χ3n) is 1.94. The van der Waals surface area contributed by atoms with Gasteiger partial charge in [0, 0.05) is 29.0 Å². The number of hydrogen-bond donors (Lipinski definition) is 0. The fraction of sp³-hybridized carbons (Fsp3) is 0.364. The number of alkyl halides is 1. The fourth-order valence-electron chi connectivity index (χ4n) is 1.30. The third kappa shape index (κ3) is 3.84. The molecule has 1 aromatic rings. The Kier molecular flexibility index (Phi) is 4.61. The van der Waals surface area contributed by atoms with E-state index in [1.165, 1.54) is 0 Å². The maximum absolute atomic E-state index is 11.9. The summed E-state index contributed by atoms with van der Waals surface area (Å²) in [4.78, 5) is 13.8. The molecule has 4 heteroatoms. The molecule has 0 radical (unpaired) electrons. The Balaban J connectivity index is 2.76. The average Bonchev–Trinajstić information content (AvgIpc) is 2.15. The highest BCUT2D eigenvalue weighted by Gasteiger charge is 2.13. The predicted octanol–water partition coefficient (Wildman–Crippen LogP) is 3.20. The maximum atomic E-state index is 11.9. The zero-order chi connectivity index (χ0) is 11.4. The SMILES string of the molecule is CC(Br)CN(C)C(=O)c1cccc(Cl)c1. The predicted molar refractivity (Wildman–Crippen MR) is 66.8 cm³/mol. The fourth-order valence-corrected chi connectivity index (χ4v) is 1.93. The van der Waals surface area contributed by atoms with E-state index in [2.05, 4.69) is 15.9 Å². The van der Waals surface area contributed by atoms with E-state index in [-0.39, 0.29) is 10.7 Å². The maximum Gasteiger partial charge on any atom is 0.253 e. The van der Waals surface area contributed by atoms with Crippen LogP contribution in [0, 0.1) is 0 Å². The van der Waals surface area contributed by atoms with Gasteiger partial charge in [0.2, 0.25) is 0 Å². The number of benzene rings is 1. The van der Waals surface area contributed by atoms with Crippen molar-refractivity contribution < 1.29 is 4.79 Å². The molecule has 82 valence electrons. The monoisotopic (exact) mass is 289 g/mol. The molecular weight excluding hydrogens is 277 g/mol. The number of halogens is 2. The van der Waals surface area contributed by atoms with Crippen LogP contribution in [0.25, 0.3) is 0 Å². The van der Waals surface area contributed by atoms with E-state index >= 15 is 0 Å². The smallest absolute Gasteiger partial charge is 0.253 e. The normalized spacial score (nSPS) is 12.3. The lowest BCUT2D eigenvalue weighted by Crippen LogP contribution is -2.31. The minimum Gasteiger partial charge on any atom is -0.341 e. The molecule has 0 fully saturated rings. The van der Waals surface area contributed by atoms with Crippen molar-refractivity contribution in [3.63, 3.8) is 0 Å². The molecule has 1 amide bonds. The van der Waals surface area contributed by atoms with Gasteiger partial charge in [-0.1, -0.05) is 40.5 Å². The molecule has 1 rings (SSSR count). The average molecular weight is 291 g/mol. The molecule has 0 N–H and O–H groups in total. The van der Waals surface area contributed by atoms with Crippen LogP contribution in [0.3, 0.4) is 0 Å². The van der Waals surface area contributed by atoms with E-state index in [1.54, 1.807) is 36.2 Å². The molecular formula is C11H13BrClNO. The summed E-state index contributed by atoms with van der Waals surface area (Å²) in [5.41, 5.74) is 0.623. The molecule has 0 aromatic heterocycles. The lowest BCUT2D eigenvalue weighted by atomic mass is 10.2. The molecule has 2 nitrogen and oxygen atoms in total. The topological polar surface area (TPSA) is 20.3 Å². The molecule has 0 heterocycles. The van der Waals surface area contributed by atoms with Crippen LogP contribution < -0.4 is 0 Å². The highest BCUT2D eigenvalue weighted by atomic mass is 79.9. The van der Waals surface area contributed by atoms with Crippen molar-refractivity contribution in [2.45, 2.75) is 11.8 Å². The van der Waals surface area contributed by atoms with Gasteiger partial charge in [0.1, 0.15) is 0 Å². The molecule has 1 atom stereocenters. The number of rotatable bonds is 3. The molecule has 15 heavy (non-hydrogen) atoms. The Labute approximate surface area is 103 Å². The van der Waals surface area contributed by atoms with Crippen molar-refractivity contribution in [3.05, 3.63) is 34.9 Å². The van der Waals surface area contributed by atoms with Gasteiger partial charge in [-0.05, 0) is 18.2 Å². The summed E-state index contributed by atoms with van der Waals surface area (Å²) < 4.78 is 0. The summed E-state index contributed by atoms with van der Waals surface area (Å²) in [7, 11) is 1.78. The molecule has 0 aliphatic heterocycles. The van der Waals surface area contributed by atoms with E-state index in [0.717, 1.165) is 0 Å². The number of carbonyl (C=O) groups is 1. The van der Waals surface area contributed by atoms with Crippen LogP contribution in [0.4, 0.5) is 0 Å². The summed E-state index contributed by atoms with van der Waals surface area (Å²) in [5.74, 6) is -0.0104. The molecule has 1 aromatic carbocycles. The number of nitrogens with zero attached hydrogens (tertiary/aromatic N) is 1. The minimum absolute atomic E-state index is 0.0104. The highest BCUT2D eigenvalue weighted by molar-refractivity contribution is 9.09. The van der Waals surface area contributed by atoms with E-state index < -0.39 is 0 Å². The summed E-state index contributed by atoms with van der Waals surface area (Å²) in [6.45, 7) is 2.67.